The zero-order chi connectivity index (χ0) is 14.7. The number of halogens is 2. The number of aromatic nitrogens is 4. The van der Waals surface area contributed by atoms with E-state index < -0.39 is 5.82 Å². The predicted octanol–water partition coefficient (Wildman–Crippen LogP) is 3.42. The van der Waals surface area contributed by atoms with E-state index in [2.05, 4.69) is 19.9 Å². The fourth-order valence-electron chi connectivity index (χ4n) is 1.67. The van der Waals surface area contributed by atoms with Crippen LogP contribution in [-0.4, -0.2) is 19.9 Å². The molecule has 20 heavy (non-hydrogen) atoms. The van der Waals surface area contributed by atoms with Gasteiger partial charge < -0.3 is 10.7 Å². The zero-order valence-corrected chi connectivity index (χ0v) is 11.7. The van der Waals surface area contributed by atoms with Crippen molar-refractivity contribution in [1.29, 1.82) is 0 Å². The van der Waals surface area contributed by atoms with Crippen molar-refractivity contribution in [3.63, 3.8) is 0 Å². The lowest BCUT2D eigenvalue weighted by Gasteiger charge is -2.00. The van der Waals surface area contributed by atoms with E-state index in [9.17, 15) is 4.39 Å². The first-order valence-electron chi connectivity index (χ1n) is 6.06. The van der Waals surface area contributed by atoms with Crippen LogP contribution in [0.1, 0.15) is 13.8 Å². The van der Waals surface area contributed by atoms with Gasteiger partial charge >= 0.3 is 0 Å². The third-order valence-electron chi connectivity index (χ3n) is 2.51. The van der Waals surface area contributed by atoms with Crippen LogP contribution in [0.2, 0.25) is 5.02 Å². The standard InChI is InChI=1S/C11H7ClFN5.C2H6/c12-5-1-6-7(3-16-10(6)15-2-5)11-17-4-8(13)9(14)18-11;1-2/h1-4H,(H,15,16)(H2,14,17,18);1-2H3. The highest BCUT2D eigenvalue weighted by Gasteiger charge is 2.11. The van der Waals surface area contributed by atoms with Gasteiger partial charge in [0.1, 0.15) is 5.65 Å². The first-order valence-corrected chi connectivity index (χ1v) is 6.44. The summed E-state index contributed by atoms with van der Waals surface area (Å²) in [5, 5.41) is 1.26. The number of hydrogen-bond acceptors (Lipinski definition) is 4. The molecule has 0 aliphatic carbocycles. The van der Waals surface area contributed by atoms with Gasteiger partial charge in [-0.2, -0.15) is 0 Å². The van der Waals surface area contributed by atoms with Crippen molar-refractivity contribution >= 4 is 28.5 Å². The van der Waals surface area contributed by atoms with E-state index in [0.717, 1.165) is 11.6 Å². The molecule has 0 saturated carbocycles. The van der Waals surface area contributed by atoms with Crippen LogP contribution < -0.4 is 5.73 Å². The predicted molar refractivity (Wildman–Crippen MR) is 77.8 cm³/mol. The number of H-pyrrole nitrogens is 1. The van der Waals surface area contributed by atoms with Gasteiger partial charge in [-0.05, 0) is 6.07 Å². The van der Waals surface area contributed by atoms with Crippen LogP contribution in [0.4, 0.5) is 10.2 Å². The number of hydrogen-bond donors (Lipinski definition) is 2. The highest BCUT2D eigenvalue weighted by molar-refractivity contribution is 6.31. The molecule has 3 N–H and O–H groups in total. The summed E-state index contributed by atoms with van der Waals surface area (Å²) in [6.07, 6.45) is 4.25. The normalized spacial score (nSPS) is 10.2. The van der Waals surface area contributed by atoms with Gasteiger partial charge in [-0.1, -0.05) is 25.4 Å². The zero-order valence-electron chi connectivity index (χ0n) is 11.0. The van der Waals surface area contributed by atoms with Gasteiger partial charge in [-0.3, -0.25) is 0 Å². The number of nitrogens with two attached hydrogens (primary N) is 1. The average Bonchev–Trinajstić information content (AvgIpc) is 2.87. The molecule has 0 fully saturated rings. The molecule has 104 valence electrons. The summed E-state index contributed by atoms with van der Waals surface area (Å²) >= 11 is 5.89. The van der Waals surface area contributed by atoms with Crippen molar-refractivity contribution in [2.24, 2.45) is 0 Å². The lowest BCUT2D eigenvalue weighted by molar-refractivity contribution is 0.620. The third-order valence-corrected chi connectivity index (χ3v) is 2.72. The molecule has 3 aromatic heterocycles. The average molecular weight is 294 g/mol. The number of nitrogen functional groups attached to an aromatic ring is 1. The molecule has 3 rings (SSSR count). The lowest BCUT2D eigenvalue weighted by Crippen LogP contribution is -1.98. The Bertz CT molecular complexity index is 741. The molecule has 0 radical (unpaired) electrons. The van der Waals surface area contributed by atoms with Gasteiger partial charge in [0, 0.05) is 23.3 Å². The molecule has 5 nitrogen and oxygen atoms in total. The molecule has 0 spiro atoms. The molecular weight excluding hydrogens is 281 g/mol. The van der Waals surface area contributed by atoms with E-state index in [0.29, 0.717) is 22.1 Å². The second-order valence-corrected chi connectivity index (χ2v) is 4.12. The van der Waals surface area contributed by atoms with E-state index in [-0.39, 0.29) is 5.82 Å². The molecule has 7 heteroatoms. The SMILES string of the molecule is CC.Nc1nc(-c2c[nH]c3ncc(Cl)cc23)ncc1F. The van der Waals surface area contributed by atoms with E-state index >= 15 is 0 Å². The Balaban J connectivity index is 0.000000704. The second kappa shape index (κ2) is 5.83. The number of nitrogens with one attached hydrogen (secondary N) is 1. The summed E-state index contributed by atoms with van der Waals surface area (Å²) < 4.78 is 13.0. The molecular formula is C13H13ClFN5. The van der Waals surface area contributed by atoms with Crippen LogP contribution in [0.15, 0.2) is 24.7 Å². The molecule has 3 heterocycles. The number of nitrogens with zero attached hydrogens (tertiary/aromatic N) is 3. The first-order chi connectivity index (χ1) is 9.65. The van der Waals surface area contributed by atoms with Crippen LogP contribution >= 0.6 is 11.6 Å². The van der Waals surface area contributed by atoms with Crippen molar-refractivity contribution in [3.05, 3.63) is 35.5 Å². The Morgan fingerprint density at radius 3 is 2.70 bits per heavy atom. The van der Waals surface area contributed by atoms with Crippen molar-refractivity contribution < 1.29 is 4.39 Å². The lowest BCUT2D eigenvalue weighted by atomic mass is 10.2. The molecule has 0 amide bonds. The van der Waals surface area contributed by atoms with Crippen LogP contribution in [0.25, 0.3) is 22.4 Å². The Morgan fingerprint density at radius 1 is 1.25 bits per heavy atom. The van der Waals surface area contributed by atoms with Crippen molar-refractivity contribution in [2.45, 2.75) is 13.8 Å². The van der Waals surface area contributed by atoms with E-state index in [4.69, 9.17) is 17.3 Å². The highest BCUT2D eigenvalue weighted by atomic mass is 35.5. The minimum absolute atomic E-state index is 0.190. The van der Waals surface area contributed by atoms with Crippen molar-refractivity contribution in [3.8, 4) is 11.4 Å². The van der Waals surface area contributed by atoms with Crippen LogP contribution in [0, 0.1) is 5.82 Å². The van der Waals surface area contributed by atoms with Crippen molar-refractivity contribution in [2.75, 3.05) is 5.73 Å². The highest BCUT2D eigenvalue weighted by Crippen LogP contribution is 2.27. The van der Waals surface area contributed by atoms with Gasteiger partial charge in [0.15, 0.2) is 17.5 Å². The summed E-state index contributed by atoms with van der Waals surface area (Å²) in [6, 6.07) is 1.73. The Labute approximate surface area is 120 Å². The summed E-state index contributed by atoms with van der Waals surface area (Å²) in [6.45, 7) is 4.00. The Morgan fingerprint density at radius 2 is 2.00 bits per heavy atom. The fourth-order valence-corrected chi connectivity index (χ4v) is 1.83. The quantitative estimate of drug-likeness (QED) is 0.720. The first kappa shape index (κ1) is 14.2. The summed E-state index contributed by atoms with van der Waals surface area (Å²) in [7, 11) is 0. The van der Waals surface area contributed by atoms with Crippen LogP contribution in [0.3, 0.4) is 0 Å². The minimum Gasteiger partial charge on any atom is -0.381 e. The van der Waals surface area contributed by atoms with E-state index in [1.54, 1.807) is 12.3 Å². The number of aromatic amines is 1. The number of pyridine rings is 1. The second-order valence-electron chi connectivity index (χ2n) is 3.68. The Kier molecular flexibility index (Phi) is 4.14. The van der Waals surface area contributed by atoms with Crippen molar-refractivity contribution in [1.82, 2.24) is 19.9 Å². The largest absolute Gasteiger partial charge is 0.381 e. The topological polar surface area (TPSA) is 80.5 Å². The minimum atomic E-state index is -0.644. The van der Waals surface area contributed by atoms with Crippen LogP contribution in [-0.2, 0) is 0 Å². The molecule has 0 aromatic carbocycles. The molecule has 0 bridgehead atoms. The van der Waals surface area contributed by atoms with E-state index in [1.807, 2.05) is 13.8 Å². The maximum Gasteiger partial charge on any atom is 0.183 e. The van der Waals surface area contributed by atoms with Gasteiger partial charge in [-0.15, -0.1) is 0 Å². The summed E-state index contributed by atoms with van der Waals surface area (Å²) in [5.41, 5.74) is 6.75. The maximum absolute atomic E-state index is 13.0. The van der Waals surface area contributed by atoms with Gasteiger partial charge in [-0.25, -0.2) is 19.3 Å². The molecule has 0 unspecified atom stereocenters. The van der Waals surface area contributed by atoms with Gasteiger partial charge in [0.25, 0.3) is 0 Å². The molecule has 0 atom stereocenters. The number of rotatable bonds is 1. The summed E-state index contributed by atoms with van der Waals surface area (Å²) in [5.74, 6) is -0.511. The molecule has 0 saturated heterocycles. The smallest absolute Gasteiger partial charge is 0.183 e. The van der Waals surface area contributed by atoms with Gasteiger partial charge in [0.2, 0.25) is 0 Å². The van der Waals surface area contributed by atoms with Gasteiger partial charge in [0.05, 0.1) is 11.2 Å². The molecule has 3 aromatic rings. The van der Waals surface area contributed by atoms with E-state index in [1.165, 1.54) is 6.20 Å². The number of anilines is 1. The monoisotopic (exact) mass is 293 g/mol. The van der Waals surface area contributed by atoms with Crippen LogP contribution in [0.5, 0.6) is 0 Å². The Hall–Kier alpha value is -2.21. The number of fused-ring (bicyclic) bond motifs is 1. The maximum atomic E-state index is 13.0. The molecule has 0 aliphatic heterocycles. The molecule has 0 aliphatic rings. The summed E-state index contributed by atoms with van der Waals surface area (Å²) in [4.78, 5) is 14.9. The fraction of sp³-hybridized carbons (Fsp3) is 0.154. The third kappa shape index (κ3) is 2.55.